The zero-order valence-corrected chi connectivity index (χ0v) is 12.7. The van der Waals surface area contributed by atoms with Crippen LogP contribution in [0.1, 0.15) is 17.0 Å². The molecule has 3 aromatic rings. The minimum absolute atomic E-state index is 0.0976. The van der Waals surface area contributed by atoms with E-state index < -0.39 is 0 Å². The lowest BCUT2D eigenvalue weighted by Crippen LogP contribution is -2.20. The molecule has 0 radical (unpaired) electrons. The second kappa shape index (κ2) is 5.26. The number of hydrogen-bond acceptors (Lipinski definition) is 6. The van der Waals surface area contributed by atoms with Crippen LogP contribution in [0.4, 0.5) is 0 Å². The Kier molecular flexibility index (Phi) is 3.10. The van der Waals surface area contributed by atoms with Crippen LogP contribution in [0, 0.1) is 11.3 Å². The molecule has 0 unspecified atom stereocenters. The van der Waals surface area contributed by atoms with Crippen LogP contribution in [0.2, 0.25) is 0 Å². The molecule has 4 rings (SSSR count). The molecule has 0 bridgehead atoms. The first-order chi connectivity index (χ1) is 11.3. The fourth-order valence-corrected chi connectivity index (χ4v) is 3.43. The third-order valence-corrected chi connectivity index (χ3v) is 4.47. The van der Waals surface area contributed by atoms with Gasteiger partial charge in [-0.1, -0.05) is 0 Å². The highest BCUT2D eigenvalue weighted by Gasteiger charge is 2.35. The average molecular weight is 321 g/mol. The van der Waals surface area contributed by atoms with E-state index in [4.69, 9.17) is 10.5 Å². The molecular formula is C16H11N5OS. The topological polar surface area (TPSA) is 101 Å². The molecule has 4 heterocycles. The molecule has 112 valence electrons. The second-order valence-electron chi connectivity index (χ2n) is 5.04. The van der Waals surface area contributed by atoms with Gasteiger partial charge in [0.15, 0.2) is 0 Å². The number of ether oxygens (including phenoxy) is 1. The third-order valence-electron chi connectivity index (χ3n) is 3.77. The molecule has 1 aliphatic heterocycles. The van der Waals surface area contributed by atoms with Crippen molar-refractivity contribution in [2.75, 3.05) is 0 Å². The molecular weight excluding hydrogens is 310 g/mol. The van der Waals surface area contributed by atoms with E-state index in [0.29, 0.717) is 11.5 Å². The number of fused-ring (bicyclic) bond motifs is 1. The molecule has 0 spiro atoms. The zero-order valence-electron chi connectivity index (χ0n) is 11.9. The van der Waals surface area contributed by atoms with E-state index in [1.807, 2.05) is 29.0 Å². The molecule has 0 saturated carbocycles. The average Bonchev–Trinajstić information content (AvgIpc) is 3.24. The summed E-state index contributed by atoms with van der Waals surface area (Å²) in [5.41, 5.74) is 9.77. The van der Waals surface area contributed by atoms with E-state index >= 15 is 0 Å². The van der Waals surface area contributed by atoms with Crippen LogP contribution in [-0.2, 0) is 0 Å². The molecule has 0 fully saturated rings. The Labute approximate surface area is 135 Å². The number of nitriles is 1. The Morgan fingerprint density at radius 3 is 3.00 bits per heavy atom. The highest BCUT2D eigenvalue weighted by atomic mass is 32.1. The minimum Gasteiger partial charge on any atom is -0.420 e. The summed E-state index contributed by atoms with van der Waals surface area (Å²) < 4.78 is 5.54. The quantitative estimate of drug-likeness (QED) is 0.756. The molecule has 0 aliphatic carbocycles. The Morgan fingerprint density at radius 1 is 1.39 bits per heavy atom. The fourth-order valence-electron chi connectivity index (χ4n) is 2.75. The summed E-state index contributed by atoms with van der Waals surface area (Å²) >= 11 is 1.57. The van der Waals surface area contributed by atoms with Gasteiger partial charge in [-0.25, -0.2) is 0 Å². The lowest BCUT2D eigenvalue weighted by Gasteiger charge is -2.23. The van der Waals surface area contributed by atoms with Gasteiger partial charge in [-0.05, 0) is 34.5 Å². The van der Waals surface area contributed by atoms with E-state index in [-0.39, 0.29) is 11.8 Å². The molecule has 0 saturated heterocycles. The van der Waals surface area contributed by atoms with E-state index in [1.54, 1.807) is 23.7 Å². The molecule has 0 aromatic carbocycles. The van der Waals surface area contributed by atoms with Crippen molar-refractivity contribution in [1.29, 1.82) is 5.26 Å². The van der Waals surface area contributed by atoms with Crippen LogP contribution >= 0.6 is 11.3 Å². The number of nitrogens with zero attached hydrogens (tertiary/aromatic N) is 3. The van der Waals surface area contributed by atoms with E-state index in [9.17, 15) is 5.26 Å². The van der Waals surface area contributed by atoms with Gasteiger partial charge < -0.3 is 10.5 Å². The monoisotopic (exact) mass is 321 g/mol. The van der Waals surface area contributed by atoms with Crippen LogP contribution in [-0.4, -0.2) is 15.2 Å². The lowest BCUT2D eigenvalue weighted by molar-refractivity contribution is 0.379. The van der Waals surface area contributed by atoms with Crippen molar-refractivity contribution in [3.8, 4) is 23.2 Å². The van der Waals surface area contributed by atoms with Gasteiger partial charge in [0.1, 0.15) is 11.6 Å². The summed E-state index contributed by atoms with van der Waals surface area (Å²) in [6.45, 7) is 0. The van der Waals surface area contributed by atoms with E-state index in [0.717, 1.165) is 22.4 Å². The Morgan fingerprint density at radius 2 is 2.30 bits per heavy atom. The van der Waals surface area contributed by atoms with Crippen molar-refractivity contribution in [2.24, 2.45) is 5.73 Å². The summed E-state index contributed by atoms with van der Waals surface area (Å²) in [7, 11) is 0. The van der Waals surface area contributed by atoms with Crippen molar-refractivity contribution < 1.29 is 4.74 Å². The van der Waals surface area contributed by atoms with Gasteiger partial charge in [-0.2, -0.15) is 16.6 Å². The van der Waals surface area contributed by atoms with E-state index in [1.165, 1.54) is 0 Å². The highest BCUT2D eigenvalue weighted by molar-refractivity contribution is 7.08. The SMILES string of the molecule is N#CC1=C(N)Oc2n[nH]c(-c3cccnc3)c2[C@H]1c1ccsc1. The summed E-state index contributed by atoms with van der Waals surface area (Å²) in [4.78, 5) is 4.14. The first kappa shape index (κ1) is 13.5. The number of hydrogen-bond donors (Lipinski definition) is 2. The van der Waals surface area contributed by atoms with Crippen LogP contribution in [0.3, 0.4) is 0 Å². The van der Waals surface area contributed by atoms with Gasteiger partial charge in [-0.15, -0.1) is 5.10 Å². The standard InChI is InChI=1S/C16H11N5OS/c17-6-11-12(10-3-5-23-8-10)13-14(9-2-1-4-19-7-9)20-21-16(13)22-15(11)18/h1-5,7-8,12H,18H2,(H,20,21)/t12-/m0/s1. The first-order valence-electron chi connectivity index (χ1n) is 6.88. The van der Waals surface area contributed by atoms with Crippen LogP contribution in [0.5, 0.6) is 5.88 Å². The Bertz CT molecular complexity index is 921. The van der Waals surface area contributed by atoms with E-state index in [2.05, 4.69) is 21.3 Å². The summed E-state index contributed by atoms with van der Waals surface area (Å²) in [5.74, 6) is 0.195. The maximum Gasteiger partial charge on any atom is 0.244 e. The molecule has 3 N–H and O–H groups in total. The largest absolute Gasteiger partial charge is 0.420 e. The molecule has 6 nitrogen and oxygen atoms in total. The van der Waals surface area contributed by atoms with Crippen molar-refractivity contribution in [2.45, 2.75) is 5.92 Å². The maximum atomic E-state index is 9.55. The maximum absolute atomic E-state index is 9.55. The smallest absolute Gasteiger partial charge is 0.244 e. The number of aromatic amines is 1. The van der Waals surface area contributed by atoms with Gasteiger partial charge in [0, 0.05) is 18.0 Å². The molecule has 0 amide bonds. The van der Waals surface area contributed by atoms with Crippen LogP contribution in [0.25, 0.3) is 11.3 Å². The Hall–Kier alpha value is -3.11. The summed E-state index contributed by atoms with van der Waals surface area (Å²) in [6.07, 6.45) is 3.45. The summed E-state index contributed by atoms with van der Waals surface area (Å²) in [5, 5.41) is 20.7. The molecule has 1 aliphatic rings. The number of thiophene rings is 1. The number of H-pyrrole nitrogens is 1. The van der Waals surface area contributed by atoms with Gasteiger partial charge >= 0.3 is 0 Å². The number of rotatable bonds is 2. The normalized spacial score (nSPS) is 16.6. The van der Waals surface area contributed by atoms with Crippen molar-refractivity contribution in [3.63, 3.8) is 0 Å². The number of pyridine rings is 1. The molecule has 3 aromatic heterocycles. The van der Waals surface area contributed by atoms with Gasteiger partial charge in [0.25, 0.3) is 0 Å². The number of nitrogens with two attached hydrogens (primary N) is 1. The van der Waals surface area contributed by atoms with Crippen molar-refractivity contribution in [3.05, 3.63) is 63.9 Å². The first-order valence-corrected chi connectivity index (χ1v) is 7.82. The third kappa shape index (κ3) is 2.08. The van der Waals surface area contributed by atoms with Gasteiger partial charge in [-0.3, -0.25) is 10.1 Å². The number of allylic oxidation sites excluding steroid dienone is 1. The molecule has 7 heteroatoms. The highest BCUT2D eigenvalue weighted by Crippen LogP contribution is 2.45. The lowest BCUT2D eigenvalue weighted by atomic mass is 9.84. The predicted octanol–water partition coefficient (Wildman–Crippen LogP) is 2.75. The molecule has 23 heavy (non-hydrogen) atoms. The molecule has 1 atom stereocenters. The Balaban J connectivity index is 1.96. The predicted molar refractivity (Wildman–Crippen MR) is 85.4 cm³/mol. The number of nitrogens with one attached hydrogen (secondary N) is 1. The minimum atomic E-state index is -0.302. The van der Waals surface area contributed by atoms with Crippen molar-refractivity contribution in [1.82, 2.24) is 15.2 Å². The van der Waals surface area contributed by atoms with Gasteiger partial charge in [0.2, 0.25) is 11.8 Å². The van der Waals surface area contributed by atoms with Crippen molar-refractivity contribution >= 4 is 11.3 Å². The second-order valence-corrected chi connectivity index (χ2v) is 5.82. The van der Waals surface area contributed by atoms with Crippen LogP contribution < -0.4 is 10.5 Å². The summed E-state index contributed by atoms with van der Waals surface area (Å²) in [6, 6.07) is 7.94. The van der Waals surface area contributed by atoms with Crippen LogP contribution in [0.15, 0.2) is 52.8 Å². The zero-order chi connectivity index (χ0) is 15.8. The fraction of sp³-hybridized carbons (Fsp3) is 0.0625. The number of aromatic nitrogens is 3. The van der Waals surface area contributed by atoms with Gasteiger partial charge in [0.05, 0.1) is 17.2 Å².